The molecule has 41 heavy (non-hydrogen) atoms. The number of halogens is 5. The summed E-state index contributed by atoms with van der Waals surface area (Å²) in [4.78, 5) is 28.8. The van der Waals surface area contributed by atoms with Gasteiger partial charge in [-0.15, -0.1) is 0 Å². The molecule has 0 saturated carbocycles. The number of carbonyl (C=O) groups excluding carboxylic acids is 1. The first-order valence-electron chi connectivity index (χ1n) is 12.2. The molecule has 1 atom stereocenters. The minimum Gasteiger partial charge on any atom is -0.457 e. The smallest absolute Gasteiger partial charge is 0.417 e. The fourth-order valence-corrected chi connectivity index (χ4v) is 4.94. The van der Waals surface area contributed by atoms with Gasteiger partial charge in [0.2, 0.25) is 0 Å². The number of ether oxygens (including phenoxy) is 1. The second-order valence-electron chi connectivity index (χ2n) is 9.66. The Morgan fingerprint density at radius 3 is 2.24 bits per heavy atom. The topological polar surface area (TPSA) is 104 Å². The first-order chi connectivity index (χ1) is 19.4. The highest BCUT2D eigenvalue weighted by Gasteiger charge is 2.45. The monoisotopic (exact) mass is 570 g/mol. The van der Waals surface area contributed by atoms with Crippen molar-refractivity contribution in [3.8, 4) is 22.8 Å². The molecule has 1 unspecified atom stereocenters. The molecule has 3 aromatic carbocycles. The fraction of sp³-hybridized carbons (Fsp3) is 0.179. The zero-order valence-corrected chi connectivity index (χ0v) is 21.1. The molecule has 3 heterocycles. The molecule has 210 valence electrons. The summed E-state index contributed by atoms with van der Waals surface area (Å²) in [6, 6.07) is 14.3. The lowest BCUT2D eigenvalue weighted by atomic mass is 9.95. The van der Waals surface area contributed by atoms with Gasteiger partial charge < -0.3 is 14.1 Å². The van der Waals surface area contributed by atoms with Crippen molar-refractivity contribution in [2.45, 2.75) is 25.1 Å². The number of benzene rings is 3. The van der Waals surface area contributed by atoms with E-state index in [1.807, 2.05) is 0 Å². The highest BCUT2D eigenvalue weighted by atomic mass is 19.4. The number of rotatable bonds is 6. The van der Waals surface area contributed by atoms with Crippen molar-refractivity contribution in [3.63, 3.8) is 0 Å². The molecule has 0 bridgehead atoms. The number of nitrogens with zero attached hydrogens (tertiary/aromatic N) is 2. The van der Waals surface area contributed by atoms with E-state index >= 15 is 0 Å². The van der Waals surface area contributed by atoms with Gasteiger partial charge in [0.05, 0.1) is 23.7 Å². The summed E-state index contributed by atoms with van der Waals surface area (Å²) in [7, 11) is 0. The number of aromatic amines is 2. The second kappa shape index (κ2) is 9.32. The molecular formula is C28H19F5N4O4. The number of amides is 1. The summed E-state index contributed by atoms with van der Waals surface area (Å²) in [6.45, 7) is -0.175. The molecule has 1 amide bonds. The number of nitrogens with one attached hydrogen (secondary N) is 2. The summed E-state index contributed by atoms with van der Waals surface area (Å²) in [5.74, 6) is -4.16. The van der Waals surface area contributed by atoms with Crippen molar-refractivity contribution < 1.29 is 35.9 Å². The van der Waals surface area contributed by atoms with Gasteiger partial charge in [0.1, 0.15) is 22.9 Å². The van der Waals surface area contributed by atoms with Crippen molar-refractivity contribution >= 4 is 17.0 Å². The summed E-state index contributed by atoms with van der Waals surface area (Å²) in [6.07, 6.45) is -4.48. The minimum absolute atomic E-state index is 0.0224. The molecular weight excluding hydrogens is 551 g/mol. The SMILES string of the molecule is CC(F)(F)CN1C(=O)c2[nH]nc(-c3cccc4[nH]c(=O)oc34)c2C1c1ccc(Oc2ccc(C(F)(F)F)cc2)cc1. The lowest BCUT2D eigenvalue weighted by Crippen LogP contribution is -2.38. The molecule has 0 aliphatic carbocycles. The number of hydrogen-bond acceptors (Lipinski definition) is 5. The maximum absolute atomic E-state index is 14.2. The molecule has 0 saturated heterocycles. The number of alkyl halides is 5. The Kier molecular flexibility index (Phi) is 5.98. The molecule has 1 aliphatic rings. The van der Waals surface area contributed by atoms with Crippen molar-refractivity contribution in [2.75, 3.05) is 6.54 Å². The Balaban J connectivity index is 1.39. The van der Waals surface area contributed by atoms with Crippen LogP contribution in [0.1, 0.15) is 40.1 Å². The van der Waals surface area contributed by atoms with Crippen LogP contribution in [0.3, 0.4) is 0 Å². The van der Waals surface area contributed by atoms with Crippen LogP contribution in [0.2, 0.25) is 0 Å². The molecule has 1 aliphatic heterocycles. The molecule has 13 heteroatoms. The van der Waals surface area contributed by atoms with Crippen molar-refractivity contribution in [1.29, 1.82) is 0 Å². The van der Waals surface area contributed by atoms with Crippen LogP contribution in [0, 0.1) is 0 Å². The molecule has 6 rings (SSSR count). The van der Waals surface area contributed by atoms with Crippen LogP contribution in [-0.4, -0.2) is 38.5 Å². The molecule has 0 spiro atoms. The maximum atomic E-state index is 14.2. The molecule has 5 aromatic rings. The molecule has 2 aromatic heterocycles. The summed E-state index contributed by atoms with van der Waals surface area (Å²) < 4.78 is 78.0. The van der Waals surface area contributed by atoms with Crippen LogP contribution in [0.15, 0.2) is 75.9 Å². The van der Waals surface area contributed by atoms with Crippen LogP contribution in [-0.2, 0) is 6.18 Å². The van der Waals surface area contributed by atoms with Gasteiger partial charge in [-0.25, -0.2) is 13.6 Å². The third-order valence-electron chi connectivity index (χ3n) is 6.63. The predicted octanol–water partition coefficient (Wildman–Crippen LogP) is 6.52. The molecule has 2 N–H and O–H groups in total. The van der Waals surface area contributed by atoms with Gasteiger partial charge in [-0.05, 0) is 54.1 Å². The number of carbonyl (C=O) groups is 1. The first-order valence-corrected chi connectivity index (χ1v) is 12.2. The number of fused-ring (bicyclic) bond motifs is 2. The average Bonchev–Trinajstić information content (AvgIpc) is 3.57. The van der Waals surface area contributed by atoms with Crippen molar-refractivity contribution in [2.24, 2.45) is 0 Å². The number of hydrogen-bond donors (Lipinski definition) is 2. The number of para-hydroxylation sites is 1. The van der Waals surface area contributed by atoms with E-state index in [-0.39, 0.29) is 28.5 Å². The number of H-pyrrole nitrogens is 2. The van der Waals surface area contributed by atoms with E-state index in [0.717, 1.165) is 17.0 Å². The number of aromatic nitrogens is 3. The molecule has 8 nitrogen and oxygen atoms in total. The fourth-order valence-electron chi connectivity index (χ4n) is 4.94. The van der Waals surface area contributed by atoms with Gasteiger partial charge in [-0.2, -0.15) is 18.3 Å². The quantitative estimate of drug-likeness (QED) is 0.226. The van der Waals surface area contributed by atoms with Gasteiger partial charge in [-0.1, -0.05) is 18.2 Å². The van der Waals surface area contributed by atoms with Gasteiger partial charge in [0.15, 0.2) is 5.58 Å². The van der Waals surface area contributed by atoms with Gasteiger partial charge in [-0.3, -0.25) is 14.9 Å². The maximum Gasteiger partial charge on any atom is 0.417 e. The van der Waals surface area contributed by atoms with E-state index in [0.29, 0.717) is 29.1 Å². The van der Waals surface area contributed by atoms with Crippen molar-refractivity contribution in [3.05, 3.63) is 99.7 Å². The highest BCUT2D eigenvalue weighted by molar-refractivity contribution is 6.02. The predicted molar refractivity (Wildman–Crippen MR) is 136 cm³/mol. The lowest BCUT2D eigenvalue weighted by Gasteiger charge is -2.28. The Morgan fingerprint density at radius 1 is 0.951 bits per heavy atom. The molecule has 0 radical (unpaired) electrons. The Morgan fingerprint density at radius 2 is 1.61 bits per heavy atom. The Labute approximate surface area is 227 Å². The molecule has 0 fully saturated rings. The van der Waals surface area contributed by atoms with Crippen LogP contribution >= 0.6 is 0 Å². The van der Waals surface area contributed by atoms with Crippen LogP contribution < -0.4 is 10.5 Å². The lowest BCUT2D eigenvalue weighted by molar-refractivity contribution is -0.137. The van der Waals surface area contributed by atoms with Gasteiger partial charge in [0.25, 0.3) is 11.8 Å². The van der Waals surface area contributed by atoms with E-state index in [1.54, 1.807) is 30.3 Å². The van der Waals surface area contributed by atoms with Gasteiger partial charge >= 0.3 is 11.9 Å². The third-order valence-corrected chi connectivity index (χ3v) is 6.63. The number of oxazole rings is 1. The standard InChI is InChI=1S/C28H19F5N4O4/c1-27(29,30)13-37-23(14-5-9-16(10-6-14)40-17-11-7-15(8-12-17)28(31,32)33)20-21(35-36-22(20)25(37)38)18-3-2-4-19-24(18)41-26(39)34-19/h2-12,23H,13H2,1H3,(H,34,39)(H,35,36). The average molecular weight is 570 g/mol. The zero-order valence-electron chi connectivity index (χ0n) is 21.1. The summed E-state index contributed by atoms with van der Waals surface area (Å²) >= 11 is 0. The van der Waals surface area contributed by atoms with Gasteiger partial charge in [0, 0.05) is 18.1 Å². The van der Waals surface area contributed by atoms with Crippen LogP contribution in [0.5, 0.6) is 11.5 Å². The van der Waals surface area contributed by atoms with E-state index in [1.165, 1.54) is 24.3 Å². The summed E-state index contributed by atoms with van der Waals surface area (Å²) in [5, 5.41) is 6.94. The minimum atomic E-state index is -4.48. The van der Waals surface area contributed by atoms with Crippen LogP contribution in [0.25, 0.3) is 22.4 Å². The van der Waals surface area contributed by atoms with E-state index < -0.39 is 41.9 Å². The Bertz CT molecular complexity index is 1820. The van der Waals surface area contributed by atoms with Crippen LogP contribution in [0.4, 0.5) is 22.0 Å². The largest absolute Gasteiger partial charge is 0.457 e. The second-order valence-corrected chi connectivity index (χ2v) is 9.66. The summed E-state index contributed by atoms with van der Waals surface area (Å²) in [5.41, 5.74) is 1.19. The van der Waals surface area contributed by atoms with E-state index in [2.05, 4.69) is 15.2 Å². The zero-order chi connectivity index (χ0) is 29.1. The van der Waals surface area contributed by atoms with Crippen molar-refractivity contribution in [1.82, 2.24) is 20.1 Å². The normalized spacial score (nSPS) is 15.5. The first kappa shape index (κ1) is 26.3. The Hall–Kier alpha value is -4.94. The van der Waals surface area contributed by atoms with E-state index in [9.17, 15) is 31.5 Å². The third kappa shape index (κ3) is 4.83. The van der Waals surface area contributed by atoms with E-state index in [4.69, 9.17) is 9.15 Å². The highest BCUT2D eigenvalue weighted by Crippen LogP contribution is 2.45.